The zero-order chi connectivity index (χ0) is 27.1. The monoisotopic (exact) mass is 520 g/mol. The molecule has 8 heteroatoms. The summed E-state index contributed by atoms with van der Waals surface area (Å²) in [5.41, 5.74) is -0.252. The highest BCUT2D eigenvalue weighted by atomic mass is 16.6. The fourth-order valence-electron chi connectivity index (χ4n) is 6.98. The number of ether oxygens (including phenoxy) is 2. The van der Waals surface area contributed by atoms with E-state index in [1.54, 1.807) is 6.92 Å². The number of aliphatic hydroxyl groups excluding tert-OH is 1. The second-order valence-electron chi connectivity index (χ2n) is 10.9. The van der Waals surface area contributed by atoms with Gasteiger partial charge in [0.2, 0.25) is 11.8 Å². The Kier molecular flexibility index (Phi) is 7.05. The third-order valence-corrected chi connectivity index (χ3v) is 8.77. The molecule has 38 heavy (non-hydrogen) atoms. The highest BCUT2D eigenvalue weighted by Crippen LogP contribution is 2.65. The molecule has 3 aliphatic rings. The van der Waals surface area contributed by atoms with Gasteiger partial charge in [0.05, 0.1) is 30.8 Å². The summed E-state index contributed by atoms with van der Waals surface area (Å²) in [6.45, 7) is 5.73. The predicted molar refractivity (Wildman–Crippen MR) is 140 cm³/mol. The van der Waals surface area contributed by atoms with Gasteiger partial charge in [-0.1, -0.05) is 67.6 Å². The lowest BCUT2D eigenvalue weighted by Gasteiger charge is -2.37. The molecule has 2 N–H and O–H groups in total. The third-order valence-electron chi connectivity index (χ3n) is 8.77. The van der Waals surface area contributed by atoms with Crippen molar-refractivity contribution in [2.75, 3.05) is 13.2 Å². The van der Waals surface area contributed by atoms with Crippen molar-refractivity contribution in [2.45, 2.75) is 63.4 Å². The first kappa shape index (κ1) is 26.4. The van der Waals surface area contributed by atoms with Gasteiger partial charge in [-0.3, -0.25) is 14.4 Å². The number of aliphatic hydroxyl groups is 1. The molecular formula is C30H36N2O6. The molecule has 3 fully saturated rings. The lowest BCUT2D eigenvalue weighted by atomic mass is 9.62. The van der Waals surface area contributed by atoms with Gasteiger partial charge in [0, 0.05) is 6.54 Å². The molecule has 202 valence electrons. The molecule has 2 bridgehead atoms. The number of amides is 2. The minimum Gasteiger partial charge on any atom is -0.466 e. The smallest absolute Gasteiger partial charge is 0.312 e. The molecule has 0 saturated carbocycles. The lowest BCUT2D eigenvalue weighted by Crippen LogP contribution is -2.58. The van der Waals surface area contributed by atoms with Crippen molar-refractivity contribution < 1.29 is 29.0 Å². The SMILES string of the molecule is CCOC(=O)[C@H]1[C@H]2C(=O)N([C@@H](CO)Cc3ccccc3)C(C(=O)NCc3ccccc3)C23CC(C)[C@]1(C)O3. The van der Waals surface area contributed by atoms with Gasteiger partial charge in [0.1, 0.15) is 17.6 Å². The number of rotatable bonds is 9. The van der Waals surface area contributed by atoms with E-state index in [1.165, 1.54) is 4.90 Å². The highest BCUT2D eigenvalue weighted by molar-refractivity contribution is 5.98. The Hall–Kier alpha value is -3.23. The summed E-state index contributed by atoms with van der Waals surface area (Å²) in [6.07, 6.45) is 0.824. The summed E-state index contributed by atoms with van der Waals surface area (Å²) in [5, 5.41) is 13.5. The van der Waals surface area contributed by atoms with E-state index in [2.05, 4.69) is 5.32 Å². The van der Waals surface area contributed by atoms with Crippen molar-refractivity contribution in [3.05, 3.63) is 71.8 Å². The number of benzene rings is 2. The van der Waals surface area contributed by atoms with E-state index in [-0.39, 0.29) is 37.5 Å². The summed E-state index contributed by atoms with van der Waals surface area (Å²) in [7, 11) is 0. The Morgan fingerprint density at radius 1 is 1.13 bits per heavy atom. The molecule has 2 aromatic carbocycles. The molecule has 2 amide bonds. The average Bonchev–Trinajstić information content (AvgIpc) is 3.44. The minimum atomic E-state index is -1.19. The summed E-state index contributed by atoms with van der Waals surface area (Å²) < 4.78 is 12.1. The van der Waals surface area contributed by atoms with Crippen molar-refractivity contribution in [1.82, 2.24) is 10.2 Å². The second kappa shape index (κ2) is 10.2. The first-order valence-corrected chi connectivity index (χ1v) is 13.4. The van der Waals surface area contributed by atoms with E-state index in [0.29, 0.717) is 12.8 Å². The second-order valence-corrected chi connectivity index (χ2v) is 10.9. The molecule has 0 radical (unpaired) electrons. The Balaban J connectivity index is 1.55. The van der Waals surface area contributed by atoms with Gasteiger partial charge in [-0.15, -0.1) is 0 Å². The Labute approximate surface area is 223 Å². The maximum absolute atomic E-state index is 14.3. The van der Waals surface area contributed by atoms with Crippen LogP contribution in [0.2, 0.25) is 0 Å². The summed E-state index contributed by atoms with van der Waals surface area (Å²) in [5.74, 6) is -2.93. The normalized spacial score (nSPS) is 32.2. The van der Waals surface area contributed by atoms with Crippen LogP contribution < -0.4 is 5.32 Å². The van der Waals surface area contributed by atoms with Crippen molar-refractivity contribution in [2.24, 2.45) is 17.8 Å². The van der Waals surface area contributed by atoms with E-state index in [0.717, 1.165) is 11.1 Å². The number of hydrogen-bond acceptors (Lipinski definition) is 6. The number of hydrogen-bond donors (Lipinski definition) is 2. The molecule has 3 saturated heterocycles. The van der Waals surface area contributed by atoms with E-state index in [4.69, 9.17) is 9.47 Å². The van der Waals surface area contributed by atoms with Crippen LogP contribution in [0.25, 0.3) is 0 Å². The van der Waals surface area contributed by atoms with Crippen molar-refractivity contribution >= 4 is 17.8 Å². The first-order chi connectivity index (χ1) is 18.3. The van der Waals surface area contributed by atoms with Crippen LogP contribution in [-0.4, -0.2) is 64.3 Å². The van der Waals surface area contributed by atoms with Crippen LogP contribution in [0.3, 0.4) is 0 Å². The van der Waals surface area contributed by atoms with Crippen LogP contribution in [0.4, 0.5) is 0 Å². The van der Waals surface area contributed by atoms with Gasteiger partial charge in [-0.25, -0.2) is 0 Å². The zero-order valence-electron chi connectivity index (χ0n) is 22.1. The molecule has 8 nitrogen and oxygen atoms in total. The number of carbonyl (C=O) groups excluding carboxylic acids is 3. The van der Waals surface area contributed by atoms with Crippen molar-refractivity contribution in [1.29, 1.82) is 0 Å². The van der Waals surface area contributed by atoms with E-state index in [9.17, 15) is 19.5 Å². The summed E-state index contributed by atoms with van der Waals surface area (Å²) in [6, 6.07) is 17.5. The fourth-order valence-corrected chi connectivity index (χ4v) is 6.98. The molecule has 0 aromatic heterocycles. The topological polar surface area (TPSA) is 105 Å². The molecule has 3 heterocycles. The number of nitrogens with one attached hydrogen (secondary N) is 1. The first-order valence-electron chi connectivity index (χ1n) is 13.4. The average molecular weight is 521 g/mol. The van der Waals surface area contributed by atoms with E-state index in [1.807, 2.05) is 74.5 Å². The fraction of sp³-hybridized carbons (Fsp3) is 0.500. The van der Waals surface area contributed by atoms with Crippen LogP contribution in [-0.2, 0) is 36.8 Å². The maximum atomic E-state index is 14.3. The van der Waals surface area contributed by atoms with Gasteiger partial charge in [-0.2, -0.15) is 0 Å². The predicted octanol–water partition coefficient (Wildman–Crippen LogP) is 2.48. The third kappa shape index (κ3) is 4.10. The molecule has 3 unspecified atom stereocenters. The van der Waals surface area contributed by atoms with Gasteiger partial charge < -0.3 is 24.8 Å². The Morgan fingerprint density at radius 3 is 2.37 bits per heavy atom. The molecule has 7 atom stereocenters. The molecule has 3 aliphatic heterocycles. The quantitative estimate of drug-likeness (QED) is 0.493. The molecular weight excluding hydrogens is 484 g/mol. The lowest BCUT2D eigenvalue weighted by molar-refractivity contribution is -0.162. The number of carbonyl (C=O) groups is 3. The number of fused-ring (bicyclic) bond motifs is 1. The maximum Gasteiger partial charge on any atom is 0.312 e. The molecule has 2 aromatic rings. The zero-order valence-corrected chi connectivity index (χ0v) is 22.1. The number of likely N-dealkylation sites (tertiary alicyclic amines) is 1. The van der Waals surface area contributed by atoms with Gasteiger partial charge in [0.15, 0.2) is 0 Å². The highest BCUT2D eigenvalue weighted by Gasteiger charge is 2.80. The number of nitrogens with zero attached hydrogens (tertiary/aromatic N) is 1. The molecule has 5 rings (SSSR count). The van der Waals surface area contributed by atoms with Crippen LogP contribution in [0.5, 0.6) is 0 Å². The van der Waals surface area contributed by atoms with Gasteiger partial charge in [0.25, 0.3) is 0 Å². The van der Waals surface area contributed by atoms with E-state index < -0.39 is 41.1 Å². The summed E-state index contributed by atoms with van der Waals surface area (Å²) >= 11 is 0. The van der Waals surface area contributed by atoms with Crippen LogP contribution >= 0.6 is 0 Å². The Morgan fingerprint density at radius 2 is 1.76 bits per heavy atom. The Bertz CT molecular complexity index is 1190. The largest absolute Gasteiger partial charge is 0.466 e. The summed E-state index contributed by atoms with van der Waals surface area (Å²) in [4.78, 5) is 43.0. The van der Waals surface area contributed by atoms with Crippen molar-refractivity contribution in [3.8, 4) is 0 Å². The van der Waals surface area contributed by atoms with Crippen LogP contribution in [0.15, 0.2) is 60.7 Å². The van der Waals surface area contributed by atoms with E-state index >= 15 is 0 Å². The number of esters is 1. The molecule has 1 spiro atoms. The minimum absolute atomic E-state index is 0.0768. The molecule has 0 aliphatic carbocycles. The van der Waals surface area contributed by atoms with Crippen LogP contribution in [0.1, 0.15) is 38.3 Å². The van der Waals surface area contributed by atoms with Gasteiger partial charge in [-0.05, 0) is 43.7 Å². The standard InChI is InChI=1S/C30H36N2O6/c1-4-37-28(36)24-23-27(35)32(22(18-33)15-20-11-7-5-8-12-20)25(30(23)16-19(2)29(24,3)38-30)26(34)31-17-21-13-9-6-10-14-21/h5-14,19,22-25,33H,4,15-18H2,1-3H3,(H,31,34)/t19?,22-,23+,24-,25?,29+,30?/m1/s1. The van der Waals surface area contributed by atoms with Gasteiger partial charge >= 0.3 is 5.97 Å². The van der Waals surface area contributed by atoms with Crippen molar-refractivity contribution in [3.63, 3.8) is 0 Å². The van der Waals surface area contributed by atoms with Crippen LogP contribution in [0, 0.1) is 17.8 Å².